The minimum absolute atomic E-state index is 0.382. The number of hydrogen-bond acceptors (Lipinski definition) is 3. The van der Waals surface area contributed by atoms with Crippen LogP contribution in [0, 0.1) is 11.3 Å². The van der Waals surface area contributed by atoms with E-state index in [0.29, 0.717) is 18.3 Å². The first-order valence-electron chi connectivity index (χ1n) is 5.48. The Hall–Kier alpha value is -1.27. The van der Waals surface area contributed by atoms with Crippen molar-refractivity contribution in [1.29, 1.82) is 5.26 Å². The van der Waals surface area contributed by atoms with Crippen LogP contribution in [0.1, 0.15) is 44.6 Å². The lowest BCUT2D eigenvalue weighted by Crippen LogP contribution is -2.24. The molecule has 0 spiro atoms. The van der Waals surface area contributed by atoms with Crippen LogP contribution in [-0.4, -0.2) is 6.04 Å². The van der Waals surface area contributed by atoms with Crippen molar-refractivity contribution in [3.05, 3.63) is 23.7 Å². The van der Waals surface area contributed by atoms with E-state index in [-0.39, 0.29) is 0 Å². The van der Waals surface area contributed by atoms with Crippen molar-refractivity contribution in [3.63, 3.8) is 0 Å². The standard InChI is InChI=1S/C12H18N2O/c1-3-4-5-10(2)14-9-12-7-6-11(8-13)15-12/h6-7,10,14H,3-5,9H2,1-2H3. The molecule has 0 aliphatic heterocycles. The highest BCUT2D eigenvalue weighted by atomic mass is 16.3. The third kappa shape index (κ3) is 4.18. The third-order valence-corrected chi connectivity index (χ3v) is 2.39. The lowest BCUT2D eigenvalue weighted by molar-refractivity contribution is 0.432. The molecule has 3 heteroatoms. The molecule has 0 aliphatic carbocycles. The minimum atomic E-state index is 0.382. The van der Waals surface area contributed by atoms with Crippen LogP contribution in [0.3, 0.4) is 0 Å². The van der Waals surface area contributed by atoms with Gasteiger partial charge in [-0.2, -0.15) is 5.26 Å². The lowest BCUT2D eigenvalue weighted by Gasteiger charge is -2.11. The van der Waals surface area contributed by atoms with E-state index in [0.717, 1.165) is 5.76 Å². The second-order valence-corrected chi connectivity index (χ2v) is 3.80. The Morgan fingerprint density at radius 2 is 2.33 bits per heavy atom. The number of nitrogens with zero attached hydrogens (tertiary/aromatic N) is 1. The number of nitrogens with one attached hydrogen (secondary N) is 1. The molecule has 1 atom stereocenters. The molecule has 1 unspecified atom stereocenters. The fourth-order valence-corrected chi connectivity index (χ4v) is 1.42. The largest absolute Gasteiger partial charge is 0.449 e. The fourth-order valence-electron chi connectivity index (χ4n) is 1.42. The molecular weight excluding hydrogens is 188 g/mol. The zero-order valence-electron chi connectivity index (χ0n) is 9.42. The van der Waals surface area contributed by atoms with Gasteiger partial charge in [-0.15, -0.1) is 0 Å². The summed E-state index contributed by atoms with van der Waals surface area (Å²) in [6.45, 7) is 5.06. The zero-order valence-corrected chi connectivity index (χ0v) is 9.42. The summed E-state index contributed by atoms with van der Waals surface area (Å²) < 4.78 is 5.26. The van der Waals surface area contributed by atoms with Gasteiger partial charge in [0.05, 0.1) is 6.54 Å². The van der Waals surface area contributed by atoms with Crippen molar-refractivity contribution in [3.8, 4) is 6.07 Å². The summed E-state index contributed by atoms with van der Waals surface area (Å²) in [6, 6.07) is 6.02. The van der Waals surface area contributed by atoms with Crippen molar-refractivity contribution in [2.24, 2.45) is 0 Å². The number of furan rings is 1. The van der Waals surface area contributed by atoms with Crippen LogP contribution in [-0.2, 0) is 6.54 Å². The lowest BCUT2D eigenvalue weighted by atomic mass is 10.1. The van der Waals surface area contributed by atoms with Gasteiger partial charge in [0.25, 0.3) is 0 Å². The SMILES string of the molecule is CCCCC(C)NCc1ccc(C#N)o1. The van der Waals surface area contributed by atoms with Crippen LogP contribution in [0.4, 0.5) is 0 Å². The molecule has 82 valence electrons. The van der Waals surface area contributed by atoms with Gasteiger partial charge in [-0.1, -0.05) is 19.8 Å². The molecular formula is C12H18N2O. The van der Waals surface area contributed by atoms with Crippen molar-refractivity contribution in [2.45, 2.75) is 45.7 Å². The Kier molecular flexibility index (Phi) is 4.92. The van der Waals surface area contributed by atoms with E-state index in [1.807, 2.05) is 12.1 Å². The summed E-state index contributed by atoms with van der Waals surface area (Å²) in [7, 11) is 0. The molecule has 1 heterocycles. The van der Waals surface area contributed by atoms with Gasteiger partial charge in [0.1, 0.15) is 11.8 Å². The number of nitriles is 1. The van der Waals surface area contributed by atoms with Crippen molar-refractivity contribution in [2.75, 3.05) is 0 Å². The maximum atomic E-state index is 8.58. The van der Waals surface area contributed by atoms with Crippen molar-refractivity contribution in [1.82, 2.24) is 5.32 Å². The van der Waals surface area contributed by atoms with Gasteiger partial charge < -0.3 is 9.73 Å². The van der Waals surface area contributed by atoms with Crippen LogP contribution in [0.25, 0.3) is 0 Å². The number of unbranched alkanes of at least 4 members (excludes halogenated alkanes) is 1. The van der Waals surface area contributed by atoms with Gasteiger partial charge in [0.15, 0.2) is 0 Å². The molecule has 1 rings (SSSR count). The molecule has 0 aromatic carbocycles. The maximum Gasteiger partial charge on any atom is 0.203 e. The Balaban J connectivity index is 2.27. The summed E-state index contributed by atoms with van der Waals surface area (Å²) in [5.74, 6) is 1.21. The van der Waals surface area contributed by atoms with E-state index < -0.39 is 0 Å². The van der Waals surface area contributed by atoms with Crippen LogP contribution < -0.4 is 5.32 Å². The smallest absolute Gasteiger partial charge is 0.203 e. The highest BCUT2D eigenvalue weighted by Gasteiger charge is 2.03. The fraction of sp³-hybridized carbons (Fsp3) is 0.583. The highest BCUT2D eigenvalue weighted by molar-refractivity contribution is 5.18. The van der Waals surface area contributed by atoms with Gasteiger partial charge >= 0.3 is 0 Å². The molecule has 0 fully saturated rings. The number of rotatable bonds is 6. The molecule has 1 aromatic rings. The van der Waals surface area contributed by atoms with Gasteiger partial charge in [-0.3, -0.25) is 0 Å². The van der Waals surface area contributed by atoms with Crippen molar-refractivity contribution >= 4 is 0 Å². The highest BCUT2D eigenvalue weighted by Crippen LogP contribution is 2.07. The molecule has 0 amide bonds. The predicted octanol–water partition coefficient (Wildman–Crippen LogP) is 2.82. The Morgan fingerprint density at radius 1 is 1.53 bits per heavy atom. The summed E-state index contributed by atoms with van der Waals surface area (Å²) in [6.07, 6.45) is 3.66. The van der Waals surface area contributed by atoms with Gasteiger partial charge in [-0.05, 0) is 25.5 Å². The van der Waals surface area contributed by atoms with E-state index in [9.17, 15) is 0 Å². The normalized spacial score (nSPS) is 12.3. The summed E-state index contributed by atoms with van der Waals surface area (Å²) >= 11 is 0. The molecule has 0 bridgehead atoms. The van der Waals surface area contributed by atoms with E-state index in [1.54, 1.807) is 6.07 Å². The van der Waals surface area contributed by atoms with Crippen molar-refractivity contribution < 1.29 is 4.42 Å². The predicted molar refractivity (Wildman–Crippen MR) is 59.2 cm³/mol. The topological polar surface area (TPSA) is 49.0 Å². The first-order valence-corrected chi connectivity index (χ1v) is 5.48. The summed E-state index contributed by atoms with van der Waals surface area (Å²) in [5, 5.41) is 11.9. The van der Waals surface area contributed by atoms with E-state index in [2.05, 4.69) is 19.2 Å². The zero-order chi connectivity index (χ0) is 11.1. The Bertz CT molecular complexity index is 325. The van der Waals surface area contributed by atoms with E-state index >= 15 is 0 Å². The van der Waals surface area contributed by atoms with Gasteiger partial charge in [-0.25, -0.2) is 0 Å². The second-order valence-electron chi connectivity index (χ2n) is 3.80. The Morgan fingerprint density at radius 3 is 2.93 bits per heavy atom. The molecule has 3 nitrogen and oxygen atoms in total. The molecule has 0 saturated carbocycles. The van der Waals surface area contributed by atoms with Crippen LogP contribution in [0.5, 0.6) is 0 Å². The first-order chi connectivity index (χ1) is 7.26. The van der Waals surface area contributed by atoms with Crippen LogP contribution in [0.15, 0.2) is 16.5 Å². The van der Waals surface area contributed by atoms with Gasteiger partial charge in [0.2, 0.25) is 5.76 Å². The van der Waals surface area contributed by atoms with Crippen LogP contribution >= 0.6 is 0 Å². The molecule has 0 radical (unpaired) electrons. The number of hydrogen-bond donors (Lipinski definition) is 1. The average molecular weight is 206 g/mol. The first kappa shape index (κ1) is 11.8. The molecule has 0 aliphatic rings. The van der Waals surface area contributed by atoms with Gasteiger partial charge in [0, 0.05) is 6.04 Å². The van der Waals surface area contributed by atoms with Crippen LogP contribution in [0.2, 0.25) is 0 Å². The molecule has 15 heavy (non-hydrogen) atoms. The summed E-state index contributed by atoms with van der Waals surface area (Å²) in [5.41, 5.74) is 0. The monoisotopic (exact) mass is 206 g/mol. The average Bonchev–Trinajstić information content (AvgIpc) is 2.71. The quantitative estimate of drug-likeness (QED) is 0.778. The molecule has 1 aromatic heterocycles. The molecule has 1 N–H and O–H groups in total. The van der Waals surface area contributed by atoms with E-state index in [1.165, 1.54) is 19.3 Å². The maximum absolute atomic E-state index is 8.58. The third-order valence-electron chi connectivity index (χ3n) is 2.39. The Labute approximate surface area is 91.1 Å². The molecule has 0 saturated heterocycles. The minimum Gasteiger partial charge on any atom is -0.449 e. The van der Waals surface area contributed by atoms with E-state index in [4.69, 9.17) is 9.68 Å². The summed E-state index contributed by atoms with van der Waals surface area (Å²) in [4.78, 5) is 0. The second kappa shape index (κ2) is 6.26.